The van der Waals surface area contributed by atoms with Crippen LogP contribution in [0, 0.1) is 0 Å². The van der Waals surface area contributed by atoms with Crippen molar-refractivity contribution in [2.45, 2.75) is 32.2 Å². The van der Waals surface area contributed by atoms with Gasteiger partial charge in [0.05, 0.1) is 30.4 Å². The van der Waals surface area contributed by atoms with E-state index >= 15 is 0 Å². The average Bonchev–Trinajstić information content (AvgIpc) is 3.00. The van der Waals surface area contributed by atoms with Crippen LogP contribution in [-0.4, -0.2) is 29.1 Å². The maximum atomic E-state index is 12.5. The van der Waals surface area contributed by atoms with Crippen LogP contribution in [0.4, 0.5) is 0 Å². The van der Waals surface area contributed by atoms with Gasteiger partial charge < -0.3 is 15.2 Å². The van der Waals surface area contributed by atoms with Crippen LogP contribution in [0.15, 0.2) is 18.3 Å². The minimum atomic E-state index is -0.950. The van der Waals surface area contributed by atoms with Crippen LogP contribution in [0.5, 0.6) is 5.75 Å². The molecule has 1 aliphatic carbocycles. The van der Waals surface area contributed by atoms with E-state index in [1.54, 1.807) is 25.4 Å². The predicted molar refractivity (Wildman–Crippen MR) is 89.9 cm³/mol. The Morgan fingerprint density at radius 1 is 1.25 bits per heavy atom. The molecule has 0 aromatic carbocycles. The zero-order valence-corrected chi connectivity index (χ0v) is 14.1. The number of methoxy groups -OCH3 is 1. The molecule has 2 aromatic rings. The third-order valence-electron chi connectivity index (χ3n) is 4.08. The van der Waals surface area contributed by atoms with E-state index in [0.717, 1.165) is 48.1 Å². The number of ether oxygens (including phenoxy) is 1. The van der Waals surface area contributed by atoms with Gasteiger partial charge in [-0.15, -0.1) is 11.3 Å². The number of nitrogens with zero attached hydrogens (tertiary/aromatic N) is 1. The van der Waals surface area contributed by atoms with Gasteiger partial charge in [-0.3, -0.25) is 9.78 Å². The molecule has 2 N–H and O–H groups in total. The lowest BCUT2D eigenvalue weighted by molar-refractivity contribution is 0.0700. The highest BCUT2D eigenvalue weighted by molar-refractivity contribution is 7.16. The number of carbonyl (C=O) groups is 2. The highest BCUT2D eigenvalue weighted by atomic mass is 32.1. The Kier molecular flexibility index (Phi) is 4.80. The maximum absolute atomic E-state index is 12.5. The van der Waals surface area contributed by atoms with Crippen LogP contribution in [0.3, 0.4) is 0 Å². The van der Waals surface area contributed by atoms with Crippen LogP contribution in [0.1, 0.15) is 49.0 Å². The van der Waals surface area contributed by atoms with Crippen LogP contribution in [-0.2, 0) is 19.4 Å². The molecule has 2 heterocycles. The van der Waals surface area contributed by atoms with E-state index in [-0.39, 0.29) is 12.5 Å². The molecular formula is C17H18N2O4S. The average molecular weight is 346 g/mol. The van der Waals surface area contributed by atoms with Gasteiger partial charge in [0.25, 0.3) is 5.91 Å². The number of amides is 1. The van der Waals surface area contributed by atoms with Gasteiger partial charge in [0.1, 0.15) is 10.6 Å². The molecule has 0 saturated carbocycles. The summed E-state index contributed by atoms with van der Waals surface area (Å²) in [6, 6.07) is 3.57. The van der Waals surface area contributed by atoms with E-state index in [2.05, 4.69) is 10.3 Å². The first-order chi connectivity index (χ1) is 11.6. The summed E-state index contributed by atoms with van der Waals surface area (Å²) in [5, 5.41) is 12.2. The summed E-state index contributed by atoms with van der Waals surface area (Å²) in [5.41, 5.74) is 2.46. The van der Waals surface area contributed by atoms with Crippen molar-refractivity contribution in [1.29, 1.82) is 0 Å². The Hall–Kier alpha value is -2.41. The molecule has 0 bridgehead atoms. The Morgan fingerprint density at radius 2 is 1.96 bits per heavy atom. The van der Waals surface area contributed by atoms with Crippen LogP contribution in [0.25, 0.3) is 0 Å². The van der Waals surface area contributed by atoms with Gasteiger partial charge in [-0.25, -0.2) is 4.79 Å². The largest absolute Gasteiger partial charge is 0.495 e. The third-order valence-corrected chi connectivity index (χ3v) is 5.35. The summed E-state index contributed by atoms with van der Waals surface area (Å²) in [4.78, 5) is 28.9. The van der Waals surface area contributed by atoms with Gasteiger partial charge in [0.15, 0.2) is 0 Å². The van der Waals surface area contributed by atoms with E-state index in [1.165, 1.54) is 0 Å². The summed E-state index contributed by atoms with van der Waals surface area (Å²) < 4.78 is 5.05. The first-order valence-electron chi connectivity index (χ1n) is 7.75. The monoisotopic (exact) mass is 346 g/mol. The number of carboxylic acids is 1. The number of aromatic nitrogens is 1. The Bertz CT molecular complexity index is 768. The number of rotatable bonds is 5. The van der Waals surface area contributed by atoms with Crippen molar-refractivity contribution in [3.63, 3.8) is 0 Å². The topological polar surface area (TPSA) is 88.5 Å². The molecule has 0 atom stereocenters. The number of aromatic carboxylic acids is 1. The Labute approximate surface area is 143 Å². The number of hydrogen-bond acceptors (Lipinski definition) is 5. The van der Waals surface area contributed by atoms with Crippen molar-refractivity contribution in [2.75, 3.05) is 7.11 Å². The van der Waals surface area contributed by atoms with E-state index in [0.29, 0.717) is 21.2 Å². The van der Waals surface area contributed by atoms with E-state index in [9.17, 15) is 14.7 Å². The molecule has 2 aromatic heterocycles. The molecule has 7 heteroatoms. The lowest BCUT2D eigenvalue weighted by atomic mass is 9.92. The van der Waals surface area contributed by atoms with Gasteiger partial charge in [0, 0.05) is 0 Å². The third kappa shape index (κ3) is 3.26. The maximum Gasteiger partial charge on any atom is 0.346 e. The van der Waals surface area contributed by atoms with E-state index < -0.39 is 5.97 Å². The first-order valence-corrected chi connectivity index (χ1v) is 8.56. The normalized spacial score (nSPS) is 13.2. The molecule has 0 saturated heterocycles. The standard InChI is InChI=1S/C17H18N2O4S/c1-23-11-7-6-10(18-9-11)8-19-16(20)14-12-4-2-3-5-13(12)15(24-14)17(21)22/h6-7,9H,2-5,8H2,1H3,(H,19,20)(H,21,22). The number of carbonyl (C=O) groups excluding carboxylic acids is 1. The highest BCUT2D eigenvalue weighted by Gasteiger charge is 2.27. The second kappa shape index (κ2) is 7.00. The van der Waals surface area contributed by atoms with Gasteiger partial charge in [0.2, 0.25) is 0 Å². The number of pyridine rings is 1. The Balaban J connectivity index is 1.76. The van der Waals surface area contributed by atoms with Crippen molar-refractivity contribution in [1.82, 2.24) is 10.3 Å². The smallest absolute Gasteiger partial charge is 0.346 e. The number of fused-ring (bicyclic) bond motifs is 1. The van der Waals surface area contributed by atoms with Crippen molar-refractivity contribution >= 4 is 23.2 Å². The first kappa shape index (κ1) is 16.4. The van der Waals surface area contributed by atoms with Crippen molar-refractivity contribution in [3.8, 4) is 5.75 Å². The summed E-state index contributed by atoms with van der Waals surface area (Å²) in [6.45, 7) is 0.290. The van der Waals surface area contributed by atoms with Crippen LogP contribution in [0.2, 0.25) is 0 Å². The zero-order chi connectivity index (χ0) is 17.1. The molecule has 126 valence electrons. The number of carboxylic acid groups (broad SMARTS) is 1. The summed E-state index contributed by atoms with van der Waals surface area (Å²) in [6.07, 6.45) is 5.06. The lowest BCUT2D eigenvalue weighted by Gasteiger charge is -2.13. The highest BCUT2D eigenvalue weighted by Crippen LogP contribution is 2.34. The minimum absolute atomic E-state index is 0.233. The summed E-state index contributed by atoms with van der Waals surface area (Å²) in [7, 11) is 1.57. The summed E-state index contributed by atoms with van der Waals surface area (Å²) >= 11 is 1.08. The molecule has 6 nitrogen and oxygen atoms in total. The molecule has 1 aliphatic rings. The molecule has 0 spiro atoms. The van der Waals surface area contributed by atoms with E-state index in [4.69, 9.17) is 4.74 Å². The molecule has 3 rings (SSSR count). The van der Waals surface area contributed by atoms with Crippen LogP contribution < -0.4 is 10.1 Å². The van der Waals surface area contributed by atoms with Crippen molar-refractivity contribution < 1.29 is 19.4 Å². The fourth-order valence-corrected chi connectivity index (χ4v) is 4.03. The molecule has 24 heavy (non-hydrogen) atoms. The molecule has 0 aliphatic heterocycles. The molecule has 0 fully saturated rings. The van der Waals surface area contributed by atoms with Gasteiger partial charge in [-0.2, -0.15) is 0 Å². The van der Waals surface area contributed by atoms with Gasteiger partial charge >= 0.3 is 5.97 Å². The zero-order valence-electron chi connectivity index (χ0n) is 13.3. The SMILES string of the molecule is COc1ccc(CNC(=O)c2sc(C(=O)O)c3c2CCCC3)nc1. The predicted octanol–water partition coefficient (Wildman–Crippen LogP) is 2.66. The quantitative estimate of drug-likeness (QED) is 0.869. The number of hydrogen-bond donors (Lipinski definition) is 2. The van der Waals surface area contributed by atoms with Crippen LogP contribution >= 0.6 is 11.3 Å². The number of thiophene rings is 1. The van der Waals surface area contributed by atoms with Gasteiger partial charge in [-0.05, 0) is 48.9 Å². The second-order valence-electron chi connectivity index (χ2n) is 5.60. The molecule has 0 radical (unpaired) electrons. The van der Waals surface area contributed by atoms with Crippen molar-refractivity contribution in [2.24, 2.45) is 0 Å². The van der Waals surface area contributed by atoms with Gasteiger partial charge in [-0.1, -0.05) is 0 Å². The lowest BCUT2D eigenvalue weighted by Crippen LogP contribution is -2.23. The molecule has 0 unspecified atom stereocenters. The Morgan fingerprint density at radius 3 is 2.54 bits per heavy atom. The van der Waals surface area contributed by atoms with E-state index in [1.807, 2.05) is 0 Å². The summed E-state index contributed by atoms with van der Waals surface area (Å²) in [5.74, 6) is -0.527. The minimum Gasteiger partial charge on any atom is -0.495 e. The fourth-order valence-electron chi connectivity index (χ4n) is 2.88. The van der Waals surface area contributed by atoms with Crippen molar-refractivity contribution in [3.05, 3.63) is 44.9 Å². The second-order valence-corrected chi connectivity index (χ2v) is 6.62. The molecule has 1 amide bonds. The molecular weight excluding hydrogens is 328 g/mol. The fraction of sp³-hybridized carbons (Fsp3) is 0.353. The number of nitrogens with one attached hydrogen (secondary N) is 1.